The topological polar surface area (TPSA) is 51.0 Å². The van der Waals surface area contributed by atoms with Crippen LogP contribution < -0.4 is 4.74 Å². The summed E-state index contributed by atoms with van der Waals surface area (Å²) in [7, 11) is 1.69. The van der Waals surface area contributed by atoms with E-state index in [1.54, 1.807) is 7.11 Å². The van der Waals surface area contributed by atoms with Gasteiger partial charge >= 0.3 is 0 Å². The van der Waals surface area contributed by atoms with Gasteiger partial charge in [0.1, 0.15) is 5.76 Å². The van der Waals surface area contributed by atoms with E-state index in [1.807, 2.05) is 12.3 Å². The first-order chi connectivity index (χ1) is 11.3. The van der Waals surface area contributed by atoms with Crippen molar-refractivity contribution in [3.8, 4) is 16.9 Å². The van der Waals surface area contributed by atoms with Gasteiger partial charge in [-0.15, -0.1) is 0 Å². The Balaban J connectivity index is 1.76. The fourth-order valence-corrected chi connectivity index (χ4v) is 3.21. The van der Waals surface area contributed by atoms with Crippen LogP contribution in [0.15, 0.2) is 47.0 Å². The maximum Gasteiger partial charge on any atom is 0.176 e. The largest absolute Gasteiger partial charge is 0.493 e. The van der Waals surface area contributed by atoms with Crippen molar-refractivity contribution in [1.29, 1.82) is 0 Å². The lowest BCUT2D eigenvalue weighted by Gasteiger charge is -2.06. The van der Waals surface area contributed by atoms with Crippen molar-refractivity contribution in [1.82, 2.24) is 10.2 Å². The van der Waals surface area contributed by atoms with E-state index in [1.165, 1.54) is 18.4 Å². The molecular weight excluding hydrogens is 288 g/mol. The van der Waals surface area contributed by atoms with Gasteiger partial charge in [0.05, 0.1) is 18.8 Å². The van der Waals surface area contributed by atoms with Crippen molar-refractivity contribution in [2.45, 2.75) is 18.8 Å². The number of furan rings is 1. The molecule has 0 unspecified atom stereocenters. The first-order valence-corrected chi connectivity index (χ1v) is 7.87. The van der Waals surface area contributed by atoms with E-state index in [4.69, 9.17) is 9.15 Å². The maximum atomic E-state index is 6.11. The second-order valence-electron chi connectivity index (χ2n) is 6.15. The van der Waals surface area contributed by atoms with E-state index >= 15 is 0 Å². The van der Waals surface area contributed by atoms with Gasteiger partial charge in [-0.3, -0.25) is 5.10 Å². The van der Waals surface area contributed by atoms with E-state index in [0.717, 1.165) is 38.9 Å². The lowest BCUT2D eigenvalue weighted by molar-refractivity contribution is 0.407. The average molecular weight is 304 g/mol. The van der Waals surface area contributed by atoms with Gasteiger partial charge in [-0.2, -0.15) is 5.10 Å². The van der Waals surface area contributed by atoms with Crippen molar-refractivity contribution in [2.24, 2.45) is 0 Å². The Bertz CT molecular complexity index is 1020. The molecular formula is C19H16N2O2. The van der Waals surface area contributed by atoms with Crippen LogP contribution in [-0.4, -0.2) is 17.3 Å². The average Bonchev–Trinajstić information content (AvgIpc) is 3.16. The monoisotopic (exact) mass is 304 g/mol. The Morgan fingerprint density at radius 2 is 2.09 bits per heavy atom. The summed E-state index contributed by atoms with van der Waals surface area (Å²) in [5.74, 6) is 2.45. The van der Waals surface area contributed by atoms with Crippen LogP contribution in [0, 0.1) is 0 Å². The van der Waals surface area contributed by atoms with Gasteiger partial charge in [0.15, 0.2) is 11.3 Å². The Labute approximate surface area is 133 Å². The lowest BCUT2D eigenvalue weighted by atomic mass is 10.00. The molecule has 1 N–H and O–H groups in total. The molecule has 1 fully saturated rings. The van der Waals surface area contributed by atoms with Crippen molar-refractivity contribution in [3.63, 3.8) is 0 Å². The van der Waals surface area contributed by atoms with E-state index in [-0.39, 0.29) is 0 Å². The third-order valence-electron chi connectivity index (χ3n) is 4.62. The van der Waals surface area contributed by atoms with Crippen molar-refractivity contribution in [3.05, 3.63) is 48.4 Å². The summed E-state index contributed by atoms with van der Waals surface area (Å²) in [6, 6.07) is 12.6. The molecule has 0 atom stereocenters. The highest BCUT2D eigenvalue weighted by atomic mass is 16.5. The molecule has 0 spiro atoms. The number of fused-ring (bicyclic) bond motifs is 2. The third kappa shape index (κ3) is 1.95. The smallest absolute Gasteiger partial charge is 0.176 e. The number of benzene rings is 2. The Hall–Kier alpha value is -2.75. The highest BCUT2D eigenvalue weighted by molar-refractivity contribution is 5.99. The number of hydrogen-bond donors (Lipinski definition) is 1. The second-order valence-corrected chi connectivity index (χ2v) is 6.15. The summed E-state index contributed by atoms with van der Waals surface area (Å²) in [6.07, 6.45) is 4.29. The summed E-state index contributed by atoms with van der Waals surface area (Å²) in [5.41, 5.74) is 4.22. The zero-order chi connectivity index (χ0) is 15.4. The molecule has 23 heavy (non-hydrogen) atoms. The molecule has 2 aromatic carbocycles. The molecule has 4 nitrogen and oxygen atoms in total. The minimum absolute atomic E-state index is 0.580. The van der Waals surface area contributed by atoms with Gasteiger partial charge in [0.2, 0.25) is 0 Å². The quantitative estimate of drug-likeness (QED) is 0.588. The Morgan fingerprint density at radius 3 is 2.91 bits per heavy atom. The normalized spacial score (nSPS) is 14.7. The zero-order valence-electron chi connectivity index (χ0n) is 12.8. The Morgan fingerprint density at radius 1 is 1.17 bits per heavy atom. The van der Waals surface area contributed by atoms with Crippen LogP contribution in [0.3, 0.4) is 0 Å². The number of nitrogens with zero attached hydrogens (tertiary/aromatic N) is 1. The SMILES string of the molecule is COc1ccc(-c2ccc3[nH]ncc3c2)c2cc(C3CC3)oc12. The number of hydrogen-bond acceptors (Lipinski definition) is 3. The van der Waals surface area contributed by atoms with Gasteiger partial charge in [0, 0.05) is 16.7 Å². The molecule has 1 saturated carbocycles. The Kier molecular flexibility index (Phi) is 2.56. The maximum absolute atomic E-state index is 6.11. The van der Waals surface area contributed by atoms with Gasteiger partial charge < -0.3 is 9.15 Å². The fraction of sp³-hybridized carbons (Fsp3) is 0.211. The molecule has 2 heterocycles. The predicted octanol–water partition coefficient (Wildman–Crippen LogP) is 4.86. The van der Waals surface area contributed by atoms with Crippen LogP contribution in [0.1, 0.15) is 24.5 Å². The molecule has 0 bridgehead atoms. The van der Waals surface area contributed by atoms with E-state index in [2.05, 4.69) is 40.5 Å². The summed E-state index contributed by atoms with van der Waals surface area (Å²) >= 11 is 0. The standard InChI is InChI=1S/C19H16N2O2/c1-22-17-7-5-14(12-4-6-16-13(8-12)10-20-21-16)15-9-18(11-2-3-11)23-19(15)17/h4-11H,2-3H2,1H3,(H,20,21). The molecule has 0 radical (unpaired) electrons. The van der Waals surface area contributed by atoms with Crippen molar-refractivity contribution < 1.29 is 9.15 Å². The number of nitrogens with one attached hydrogen (secondary N) is 1. The van der Waals surface area contributed by atoms with Gasteiger partial charge in [-0.05, 0) is 54.3 Å². The highest BCUT2D eigenvalue weighted by Crippen LogP contribution is 2.45. The van der Waals surface area contributed by atoms with E-state index < -0.39 is 0 Å². The van der Waals surface area contributed by atoms with Crippen LogP contribution in [0.4, 0.5) is 0 Å². The van der Waals surface area contributed by atoms with Gasteiger partial charge in [-0.1, -0.05) is 6.07 Å². The first kappa shape index (κ1) is 12.8. The number of rotatable bonds is 3. The number of aromatic amines is 1. The van der Waals surface area contributed by atoms with Crippen molar-refractivity contribution in [2.75, 3.05) is 7.11 Å². The number of ether oxygens (including phenoxy) is 1. The van der Waals surface area contributed by atoms with Crippen LogP contribution in [0.2, 0.25) is 0 Å². The van der Waals surface area contributed by atoms with E-state index in [0.29, 0.717) is 5.92 Å². The molecule has 1 aliphatic carbocycles. The van der Waals surface area contributed by atoms with Crippen LogP contribution in [0.25, 0.3) is 33.0 Å². The first-order valence-electron chi connectivity index (χ1n) is 7.87. The summed E-state index contributed by atoms with van der Waals surface area (Å²) in [6.45, 7) is 0. The molecule has 1 aliphatic rings. The number of aromatic nitrogens is 2. The van der Waals surface area contributed by atoms with Crippen LogP contribution in [0.5, 0.6) is 5.75 Å². The summed E-state index contributed by atoms with van der Waals surface area (Å²) in [4.78, 5) is 0. The molecule has 0 amide bonds. The summed E-state index contributed by atoms with van der Waals surface area (Å²) in [5, 5.41) is 9.32. The zero-order valence-corrected chi connectivity index (χ0v) is 12.8. The molecule has 5 rings (SSSR count). The molecule has 114 valence electrons. The molecule has 0 aliphatic heterocycles. The predicted molar refractivity (Wildman–Crippen MR) is 89.8 cm³/mol. The van der Waals surface area contributed by atoms with E-state index in [9.17, 15) is 0 Å². The van der Waals surface area contributed by atoms with Gasteiger partial charge in [0.25, 0.3) is 0 Å². The minimum atomic E-state index is 0.580. The molecule has 4 heteroatoms. The number of H-pyrrole nitrogens is 1. The molecule has 4 aromatic rings. The molecule has 2 aromatic heterocycles. The minimum Gasteiger partial charge on any atom is -0.493 e. The summed E-state index contributed by atoms with van der Waals surface area (Å²) < 4.78 is 11.6. The lowest BCUT2D eigenvalue weighted by Crippen LogP contribution is -1.85. The second kappa shape index (κ2) is 4.62. The van der Waals surface area contributed by atoms with Crippen LogP contribution in [-0.2, 0) is 0 Å². The third-order valence-corrected chi connectivity index (χ3v) is 4.62. The van der Waals surface area contributed by atoms with Crippen molar-refractivity contribution >= 4 is 21.9 Å². The fourth-order valence-electron chi connectivity index (χ4n) is 3.21. The van der Waals surface area contributed by atoms with Gasteiger partial charge in [-0.25, -0.2) is 0 Å². The number of methoxy groups -OCH3 is 1. The van der Waals surface area contributed by atoms with Crippen LogP contribution >= 0.6 is 0 Å². The highest BCUT2D eigenvalue weighted by Gasteiger charge is 2.28. The molecule has 0 saturated heterocycles.